The van der Waals surface area contributed by atoms with Gasteiger partial charge in [-0.15, -0.1) is 0 Å². The van der Waals surface area contributed by atoms with E-state index in [1.807, 2.05) is 67.6 Å². The number of carboxylic acid groups (broad SMARTS) is 1. The molecule has 3 aromatic carbocycles. The van der Waals surface area contributed by atoms with Gasteiger partial charge in [-0.2, -0.15) is 5.10 Å². The van der Waals surface area contributed by atoms with Crippen LogP contribution >= 0.6 is 0 Å². The number of carboxylic acids is 1. The van der Waals surface area contributed by atoms with Crippen LogP contribution in [-0.2, 0) is 17.8 Å². The molecule has 0 radical (unpaired) electrons. The van der Waals surface area contributed by atoms with E-state index in [0.717, 1.165) is 45.1 Å². The van der Waals surface area contributed by atoms with E-state index >= 15 is 0 Å². The lowest BCUT2D eigenvalue weighted by Gasteiger charge is -2.11. The van der Waals surface area contributed by atoms with Crippen molar-refractivity contribution in [3.8, 4) is 16.9 Å². The number of aromatic amines is 1. The number of aryl methyl sites for hydroxylation is 1. The van der Waals surface area contributed by atoms with Crippen molar-refractivity contribution >= 4 is 28.5 Å². The monoisotopic (exact) mass is 479 g/mol. The molecule has 0 unspecified atom stereocenters. The predicted octanol–water partition coefficient (Wildman–Crippen LogP) is 4.25. The van der Waals surface area contributed by atoms with Gasteiger partial charge in [-0.05, 0) is 49.4 Å². The molecular weight excluding hydrogens is 454 g/mol. The van der Waals surface area contributed by atoms with Gasteiger partial charge >= 0.3 is 5.97 Å². The van der Waals surface area contributed by atoms with E-state index in [2.05, 4.69) is 15.4 Å². The summed E-state index contributed by atoms with van der Waals surface area (Å²) < 4.78 is 1.80. The Kier molecular flexibility index (Phi) is 5.95. The van der Waals surface area contributed by atoms with Gasteiger partial charge in [0.25, 0.3) is 0 Å². The van der Waals surface area contributed by atoms with Crippen LogP contribution in [0, 0.1) is 12.3 Å². The van der Waals surface area contributed by atoms with E-state index in [1.165, 1.54) is 0 Å². The molecule has 0 aliphatic heterocycles. The van der Waals surface area contributed by atoms with Crippen molar-refractivity contribution in [1.29, 1.82) is 5.41 Å². The van der Waals surface area contributed by atoms with Gasteiger partial charge in [0, 0.05) is 22.4 Å². The van der Waals surface area contributed by atoms with Crippen molar-refractivity contribution in [3.05, 3.63) is 95.4 Å². The fourth-order valence-electron chi connectivity index (χ4n) is 4.19. The zero-order chi connectivity index (χ0) is 25.2. The number of nitrogens with zero attached hydrogens (tertiary/aromatic N) is 3. The number of amidine groups is 1. The number of anilines is 1. The SMILES string of the molecule is Cc1c(-n2nc(CC(=O)O)cc2-c2ccccc2)ccc2[nH]c(CNc3ccc(C(=N)N)cc3)nc12. The molecule has 0 spiro atoms. The Morgan fingerprint density at radius 3 is 2.56 bits per heavy atom. The fraction of sp³-hybridized carbons (Fsp3) is 0.111. The maximum Gasteiger partial charge on any atom is 0.309 e. The number of rotatable bonds is 8. The number of nitrogen functional groups attached to an aromatic ring is 1. The smallest absolute Gasteiger partial charge is 0.309 e. The first-order chi connectivity index (χ1) is 17.4. The van der Waals surface area contributed by atoms with Gasteiger partial charge in [-0.25, -0.2) is 9.67 Å². The standard InChI is InChI=1S/C27H25N7O2/c1-16-22(34-23(17-5-3-2-4-6-17)13-20(33-34)14-25(35)36)12-11-21-26(16)32-24(31-21)15-30-19-9-7-18(8-10-19)27(28)29/h2-13,30H,14-15H2,1H3,(H3,28,29)(H,31,32)(H,35,36). The summed E-state index contributed by atoms with van der Waals surface area (Å²) in [7, 11) is 0. The molecule has 36 heavy (non-hydrogen) atoms. The average molecular weight is 480 g/mol. The zero-order valence-corrected chi connectivity index (χ0v) is 19.6. The molecule has 0 fully saturated rings. The van der Waals surface area contributed by atoms with E-state index in [0.29, 0.717) is 17.8 Å². The first-order valence-corrected chi connectivity index (χ1v) is 11.4. The van der Waals surface area contributed by atoms with Gasteiger partial charge in [0.05, 0.1) is 41.1 Å². The zero-order valence-electron chi connectivity index (χ0n) is 19.6. The summed E-state index contributed by atoms with van der Waals surface area (Å²) in [6.45, 7) is 2.48. The van der Waals surface area contributed by atoms with Crippen LogP contribution in [0.1, 0.15) is 22.6 Å². The summed E-state index contributed by atoms with van der Waals surface area (Å²) in [5.41, 5.74) is 12.8. The highest BCUT2D eigenvalue weighted by Crippen LogP contribution is 2.29. The molecule has 9 heteroatoms. The number of imidazole rings is 1. The topological polar surface area (TPSA) is 146 Å². The van der Waals surface area contributed by atoms with Crippen molar-refractivity contribution in [2.75, 3.05) is 5.32 Å². The molecule has 180 valence electrons. The second kappa shape index (κ2) is 9.38. The number of hydrogen-bond donors (Lipinski definition) is 5. The third kappa shape index (κ3) is 4.54. The molecule has 0 atom stereocenters. The highest BCUT2D eigenvalue weighted by Gasteiger charge is 2.17. The molecule has 5 aromatic rings. The van der Waals surface area contributed by atoms with Crippen LogP contribution in [0.5, 0.6) is 0 Å². The van der Waals surface area contributed by atoms with E-state index in [1.54, 1.807) is 16.8 Å². The average Bonchev–Trinajstić information content (AvgIpc) is 3.48. The molecule has 6 N–H and O–H groups in total. The van der Waals surface area contributed by atoms with Crippen LogP contribution in [0.4, 0.5) is 5.69 Å². The molecule has 5 rings (SSSR count). The predicted molar refractivity (Wildman–Crippen MR) is 140 cm³/mol. The van der Waals surface area contributed by atoms with Gasteiger partial charge in [0.2, 0.25) is 0 Å². The third-order valence-corrected chi connectivity index (χ3v) is 5.97. The maximum absolute atomic E-state index is 11.3. The second-order valence-corrected chi connectivity index (χ2v) is 8.50. The second-order valence-electron chi connectivity index (χ2n) is 8.50. The number of carbonyl (C=O) groups is 1. The van der Waals surface area contributed by atoms with Crippen molar-refractivity contribution in [2.45, 2.75) is 19.9 Å². The van der Waals surface area contributed by atoms with Crippen molar-refractivity contribution in [1.82, 2.24) is 19.7 Å². The highest BCUT2D eigenvalue weighted by atomic mass is 16.4. The minimum atomic E-state index is -0.924. The molecule has 0 bridgehead atoms. The van der Waals surface area contributed by atoms with Crippen molar-refractivity contribution in [2.24, 2.45) is 5.73 Å². The number of nitrogens with one attached hydrogen (secondary N) is 3. The summed E-state index contributed by atoms with van der Waals surface area (Å²) in [5.74, 6) is -0.115. The van der Waals surface area contributed by atoms with Gasteiger partial charge in [0.15, 0.2) is 0 Å². The first-order valence-electron chi connectivity index (χ1n) is 11.4. The van der Waals surface area contributed by atoms with Gasteiger partial charge in [0.1, 0.15) is 11.7 Å². The molecule has 9 nitrogen and oxygen atoms in total. The summed E-state index contributed by atoms with van der Waals surface area (Å²) in [6.07, 6.45) is -0.153. The number of aliphatic carboxylic acids is 1. The number of aromatic nitrogens is 4. The lowest BCUT2D eigenvalue weighted by Crippen LogP contribution is -2.10. The van der Waals surface area contributed by atoms with Crippen LogP contribution in [0.15, 0.2) is 72.8 Å². The number of nitrogens with two attached hydrogens (primary N) is 1. The molecule has 0 saturated carbocycles. The van der Waals surface area contributed by atoms with Crippen LogP contribution in [-0.4, -0.2) is 36.7 Å². The van der Waals surface area contributed by atoms with Gasteiger partial charge < -0.3 is 21.1 Å². The van der Waals surface area contributed by atoms with Gasteiger partial charge in [-0.3, -0.25) is 10.2 Å². The van der Waals surface area contributed by atoms with Gasteiger partial charge in [-0.1, -0.05) is 30.3 Å². The normalized spacial score (nSPS) is 11.0. The molecular formula is C27H25N7O2. The molecule has 0 saturated heterocycles. The van der Waals surface area contributed by atoms with Crippen molar-refractivity contribution in [3.63, 3.8) is 0 Å². The summed E-state index contributed by atoms with van der Waals surface area (Å²) in [4.78, 5) is 19.5. The fourth-order valence-corrected chi connectivity index (χ4v) is 4.19. The van der Waals surface area contributed by atoms with E-state index in [9.17, 15) is 9.90 Å². The Hall–Kier alpha value is -4.92. The Morgan fingerprint density at radius 1 is 1.11 bits per heavy atom. The van der Waals surface area contributed by atoms with E-state index < -0.39 is 5.97 Å². The minimum absolute atomic E-state index is 0.0350. The molecule has 0 aliphatic carbocycles. The number of fused-ring (bicyclic) bond motifs is 1. The van der Waals surface area contributed by atoms with Crippen LogP contribution in [0.2, 0.25) is 0 Å². The van der Waals surface area contributed by atoms with E-state index in [-0.39, 0.29) is 12.3 Å². The molecule has 0 amide bonds. The molecule has 0 aliphatic rings. The van der Waals surface area contributed by atoms with Crippen LogP contribution in [0.3, 0.4) is 0 Å². The van der Waals surface area contributed by atoms with E-state index in [4.69, 9.17) is 16.1 Å². The first kappa shape index (κ1) is 22.9. The maximum atomic E-state index is 11.3. The Bertz CT molecular complexity index is 1570. The summed E-state index contributed by atoms with van der Waals surface area (Å²) in [6, 6.07) is 22.9. The van der Waals surface area contributed by atoms with Crippen LogP contribution in [0.25, 0.3) is 28.0 Å². The third-order valence-electron chi connectivity index (χ3n) is 5.97. The van der Waals surface area contributed by atoms with Crippen molar-refractivity contribution < 1.29 is 9.90 Å². The lowest BCUT2D eigenvalue weighted by molar-refractivity contribution is -0.136. The number of benzene rings is 3. The Morgan fingerprint density at radius 2 is 1.86 bits per heavy atom. The highest BCUT2D eigenvalue weighted by molar-refractivity contribution is 5.95. The Labute approximate surface area is 207 Å². The molecule has 2 heterocycles. The minimum Gasteiger partial charge on any atom is -0.481 e. The molecule has 2 aromatic heterocycles. The quantitative estimate of drug-likeness (QED) is 0.166. The largest absolute Gasteiger partial charge is 0.481 e. The number of hydrogen-bond acceptors (Lipinski definition) is 5. The summed E-state index contributed by atoms with van der Waals surface area (Å²) >= 11 is 0. The summed E-state index contributed by atoms with van der Waals surface area (Å²) in [5, 5.41) is 24.8. The lowest BCUT2D eigenvalue weighted by atomic mass is 10.1. The Balaban J connectivity index is 1.47. The number of H-pyrrole nitrogens is 1. The van der Waals surface area contributed by atoms with Crippen LogP contribution < -0.4 is 11.1 Å².